The second-order valence-corrected chi connectivity index (χ2v) is 11.3. The van der Waals surface area contributed by atoms with Crippen molar-refractivity contribution in [2.24, 2.45) is 0 Å². The number of hydrogen-bond donors (Lipinski definition) is 0. The smallest absolute Gasteiger partial charge is 0.101 e. The van der Waals surface area contributed by atoms with Crippen molar-refractivity contribution in [3.63, 3.8) is 0 Å². The Hall–Kier alpha value is -6.16. The number of allylic oxidation sites excluding steroid dienone is 23. The quantitative estimate of drug-likeness (QED) is 0.126. The van der Waals surface area contributed by atoms with Crippen LogP contribution in [0.5, 0.6) is 0 Å². The molecule has 2 aromatic rings. The molecule has 0 saturated heterocycles. The molecule has 0 heterocycles. The molecule has 0 radical (unpaired) electrons. The highest BCUT2D eigenvalue weighted by atomic mass is 15.1. The molecule has 0 bridgehead atoms. The molecular weight excluding hydrogens is 607 g/mol. The van der Waals surface area contributed by atoms with Gasteiger partial charge < -0.3 is 4.90 Å². The van der Waals surface area contributed by atoms with Gasteiger partial charge in [-0.05, 0) is 92.5 Å². The van der Waals surface area contributed by atoms with E-state index in [1.165, 1.54) is 0 Å². The first kappa shape index (κ1) is 40.0. The van der Waals surface area contributed by atoms with Crippen LogP contribution in [0.4, 0.5) is 5.69 Å². The van der Waals surface area contributed by atoms with E-state index < -0.39 is 0 Å². The summed E-state index contributed by atoms with van der Waals surface area (Å²) in [5.41, 5.74) is 7.55. The highest BCUT2D eigenvalue weighted by Gasteiger charge is 2.12. The SMILES string of the molecule is C=C\C=C(\C=C/C(/C=C\CC)=C/C=C/N(/C(C=C)=C/C=C)c1cccc2ccccc12)/C=C(/C)CC(/C=C\C)=C(/C=C/C)C(\C#N)=C(/C)C#N. The van der Waals surface area contributed by atoms with Crippen molar-refractivity contribution in [1.82, 2.24) is 0 Å². The van der Waals surface area contributed by atoms with Gasteiger partial charge in [0.15, 0.2) is 0 Å². The number of nitriles is 2. The highest BCUT2D eigenvalue weighted by Crippen LogP contribution is 2.30. The van der Waals surface area contributed by atoms with Crippen LogP contribution in [0.1, 0.15) is 47.5 Å². The van der Waals surface area contributed by atoms with Crippen molar-refractivity contribution in [1.29, 1.82) is 10.5 Å². The number of nitrogens with zero attached hydrogens (tertiary/aromatic N) is 3. The van der Waals surface area contributed by atoms with Crippen molar-refractivity contribution in [3.05, 3.63) is 210 Å². The number of rotatable bonds is 17. The van der Waals surface area contributed by atoms with Gasteiger partial charge in [0.1, 0.15) is 6.07 Å². The van der Waals surface area contributed by atoms with Gasteiger partial charge in [0.2, 0.25) is 0 Å². The van der Waals surface area contributed by atoms with E-state index in [1.807, 2.05) is 74.7 Å². The van der Waals surface area contributed by atoms with Gasteiger partial charge in [-0.3, -0.25) is 0 Å². The van der Waals surface area contributed by atoms with Crippen LogP contribution < -0.4 is 4.90 Å². The molecule has 3 heteroatoms. The van der Waals surface area contributed by atoms with Crippen LogP contribution in [0.15, 0.2) is 210 Å². The van der Waals surface area contributed by atoms with E-state index >= 15 is 0 Å². The van der Waals surface area contributed by atoms with Crippen molar-refractivity contribution in [3.8, 4) is 12.1 Å². The fourth-order valence-corrected chi connectivity index (χ4v) is 5.23. The average Bonchev–Trinajstić information content (AvgIpc) is 3.12. The summed E-state index contributed by atoms with van der Waals surface area (Å²) in [6, 6.07) is 19.0. The maximum atomic E-state index is 9.91. The van der Waals surface area contributed by atoms with Crippen molar-refractivity contribution >= 4 is 16.5 Å². The molecule has 0 amide bonds. The summed E-state index contributed by atoms with van der Waals surface area (Å²) < 4.78 is 0. The number of anilines is 1. The Balaban J connectivity index is 2.59. The van der Waals surface area contributed by atoms with Crippen LogP contribution >= 0.6 is 0 Å². The summed E-state index contributed by atoms with van der Waals surface area (Å²) in [5.74, 6) is 0. The monoisotopic (exact) mass is 655 g/mol. The van der Waals surface area contributed by atoms with Crippen molar-refractivity contribution < 1.29 is 0 Å². The largest absolute Gasteiger partial charge is 0.317 e. The van der Waals surface area contributed by atoms with E-state index in [4.69, 9.17) is 0 Å². The van der Waals surface area contributed by atoms with Gasteiger partial charge in [-0.25, -0.2) is 0 Å². The predicted octanol–water partition coefficient (Wildman–Crippen LogP) is 13.1. The molecular formula is C47H49N3. The van der Waals surface area contributed by atoms with E-state index in [0.717, 1.165) is 56.4 Å². The minimum absolute atomic E-state index is 0.387. The first-order valence-corrected chi connectivity index (χ1v) is 16.8. The lowest BCUT2D eigenvalue weighted by Gasteiger charge is -2.23. The lowest BCUT2D eigenvalue weighted by molar-refractivity contribution is 1.12. The summed E-state index contributed by atoms with van der Waals surface area (Å²) in [6.07, 6.45) is 35.3. The molecule has 3 nitrogen and oxygen atoms in total. The fraction of sp³-hybridized carbons (Fsp3) is 0.149. The van der Waals surface area contributed by atoms with Gasteiger partial charge in [0, 0.05) is 22.9 Å². The summed E-state index contributed by atoms with van der Waals surface area (Å²) in [7, 11) is 0. The Bertz CT molecular complexity index is 1950. The molecule has 0 spiro atoms. The van der Waals surface area contributed by atoms with Crippen LogP contribution in [-0.4, -0.2) is 0 Å². The van der Waals surface area contributed by atoms with E-state index in [9.17, 15) is 10.5 Å². The molecule has 252 valence electrons. The van der Waals surface area contributed by atoms with Crippen LogP contribution in [0.3, 0.4) is 0 Å². The lowest BCUT2D eigenvalue weighted by Crippen LogP contribution is -2.14. The molecule has 0 atom stereocenters. The summed E-state index contributed by atoms with van der Waals surface area (Å²) in [5, 5.41) is 21.7. The Morgan fingerprint density at radius 3 is 2.14 bits per heavy atom. The molecule has 0 aliphatic rings. The average molecular weight is 656 g/mol. The molecule has 0 aromatic heterocycles. The third-order valence-electron chi connectivity index (χ3n) is 7.50. The van der Waals surface area contributed by atoms with E-state index in [1.54, 1.807) is 19.1 Å². The Morgan fingerprint density at radius 1 is 0.800 bits per heavy atom. The van der Waals surface area contributed by atoms with Crippen molar-refractivity contribution in [2.75, 3.05) is 4.90 Å². The van der Waals surface area contributed by atoms with Gasteiger partial charge in [-0.1, -0.05) is 148 Å². The Kier molecular flexibility index (Phi) is 17.9. The molecule has 0 unspecified atom stereocenters. The van der Waals surface area contributed by atoms with Gasteiger partial charge in [0.25, 0.3) is 0 Å². The van der Waals surface area contributed by atoms with Gasteiger partial charge in [-0.15, -0.1) is 0 Å². The first-order valence-electron chi connectivity index (χ1n) is 16.8. The Labute approximate surface area is 301 Å². The summed E-state index contributed by atoms with van der Waals surface area (Å²) >= 11 is 0. The minimum Gasteiger partial charge on any atom is -0.317 e. The molecule has 2 aromatic carbocycles. The lowest BCUT2D eigenvalue weighted by atomic mass is 9.92. The van der Waals surface area contributed by atoms with Gasteiger partial charge in [0.05, 0.1) is 17.3 Å². The number of fused-ring (bicyclic) bond motifs is 1. The van der Waals surface area contributed by atoms with Gasteiger partial charge >= 0.3 is 0 Å². The van der Waals surface area contributed by atoms with E-state index in [-0.39, 0.29) is 0 Å². The first-order chi connectivity index (χ1) is 24.3. The fourth-order valence-electron chi connectivity index (χ4n) is 5.23. The number of hydrogen-bond acceptors (Lipinski definition) is 3. The minimum atomic E-state index is 0.387. The molecule has 0 N–H and O–H groups in total. The van der Waals surface area contributed by atoms with Gasteiger partial charge in [-0.2, -0.15) is 10.5 Å². The van der Waals surface area contributed by atoms with Crippen molar-refractivity contribution in [2.45, 2.75) is 47.5 Å². The second-order valence-electron chi connectivity index (χ2n) is 11.3. The van der Waals surface area contributed by atoms with Crippen LogP contribution in [0.25, 0.3) is 10.8 Å². The maximum absolute atomic E-state index is 9.91. The predicted molar refractivity (Wildman–Crippen MR) is 218 cm³/mol. The zero-order valence-corrected chi connectivity index (χ0v) is 30.2. The molecule has 50 heavy (non-hydrogen) atoms. The van der Waals surface area contributed by atoms with Crippen LogP contribution in [-0.2, 0) is 0 Å². The zero-order valence-electron chi connectivity index (χ0n) is 30.2. The summed E-state index contributed by atoms with van der Waals surface area (Å²) in [4.78, 5) is 2.12. The molecule has 0 aliphatic heterocycles. The molecule has 0 saturated carbocycles. The van der Waals surface area contributed by atoms with Crippen LogP contribution in [0, 0.1) is 22.7 Å². The van der Waals surface area contributed by atoms with Crippen LogP contribution in [0.2, 0.25) is 0 Å². The normalized spacial score (nSPS) is 14.4. The third kappa shape index (κ3) is 12.1. The van der Waals surface area contributed by atoms with E-state index in [0.29, 0.717) is 17.6 Å². The van der Waals surface area contributed by atoms with E-state index in [2.05, 4.69) is 123 Å². The molecule has 0 aliphatic carbocycles. The third-order valence-corrected chi connectivity index (χ3v) is 7.50. The molecule has 0 fully saturated rings. The standard InChI is InChI=1S/C47H49N3/c1-9-15-24-39(25-19-32-50(43(14-6)22-12-4)47-29-18-27-41-26-16-17-28-45(41)47)30-31-40(20-10-2)33-37(7)34-42(21-11-3)44(23-13-5)46(36-49)38(8)35-48/h10-33H,2,4,6,9,34H2,1,3,5,7-8H3/b21-11-,23-13+,24-15-,31-30-,32-19+,37-33-,39-25+,40-20-,43-22+,44-42-,46-38+. The summed E-state index contributed by atoms with van der Waals surface area (Å²) in [6.45, 7) is 21.6. The number of benzene rings is 2. The highest BCUT2D eigenvalue weighted by molar-refractivity contribution is 5.95. The Morgan fingerprint density at radius 2 is 1.50 bits per heavy atom. The second kappa shape index (κ2) is 22.4. The maximum Gasteiger partial charge on any atom is 0.101 e. The zero-order chi connectivity index (χ0) is 36.7. The molecule has 2 rings (SSSR count). The topological polar surface area (TPSA) is 50.8 Å².